The Bertz CT molecular complexity index is 169. The quantitative estimate of drug-likeness (QED) is 0.412. The van der Waals surface area contributed by atoms with Gasteiger partial charge in [0.1, 0.15) is 0 Å². The van der Waals surface area contributed by atoms with Crippen LogP contribution in [0.2, 0.25) is 0 Å². The van der Waals surface area contributed by atoms with Gasteiger partial charge in [0.25, 0.3) is 0 Å². The molecule has 18 heavy (non-hydrogen) atoms. The van der Waals surface area contributed by atoms with E-state index in [1.54, 1.807) is 0 Å². The average Bonchev–Trinajstić information content (AvgIpc) is 2.00. The summed E-state index contributed by atoms with van der Waals surface area (Å²) in [6.07, 6.45) is -0.560. The molecule has 0 aromatic rings. The Morgan fingerprint density at radius 1 is 0.889 bits per heavy atom. The molecule has 104 valence electrons. The minimum Gasteiger partial charge on any atom is -0.394 e. The minimum absolute atomic E-state index is 0. The number of nitrogens with zero attached hydrogens (tertiary/aromatic N) is 3. The van der Waals surface area contributed by atoms with Gasteiger partial charge in [-0.25, -0.2) is 0 Å². The summed E-state index contributed by atoms with van der Waals surface area (Å²) in [4.78, 5) is 24.8. The van der Waals surface area contributed by atoms with Crippen LogP contribution in [-0.2, 0) is 32.7 Å². The topological polar surface area (TPSA) is 239 Å². The van der Waals surface area contributed by atoms with E-state index < -0.39 is 21.4 Å². The molecule has 0 aliphatic rings. The van der Waals surface area contributed by atoms with Crippen molar-refractivity contribution in [1.82, 2.24) is 0 Å². The molecule has 0 heterocycles. The third-order valence-corrected chi connectivity index (χ3v) is 0.264. The summed E-state index contributed by atoms with van der Waals surface area (Å²) in [7, 11) is 0. The van der Waals surface area contributed by atoms with E-state index in [1.165, 1.54) is 6.92 Å². The molecule has 15 heteroatoms. The average molecular weight is 351 g/mol. The molecule has 0 aromatic heterocycles. The van der Waals surface area contributed by atoms with E-state index in [-0.39, 0.29) is 39.3 Å². The molecule has 0 aliphatic carbocycles. The zero-order valence-electron chi connectivity index (χ0n) is 8.77. The van der Waals surface area contributed by atoms with Gasteiger partial charge in [0.05, 0.1) is 28.0 Å². The second kappa shape index (κ2) is 24.7. The van der Waals surface area contributed by atoms with Gasteiger partial charge in [-0.15, -0.1) is 0 Å². The molecule has 2 N–H and O–H groups in total. The van der Waals surface area contributed by atoms with E-state index in [1.807, 2.05) is 0 Å². The van der Waals surface area contributed by atoms with Crippen molar-refractivity contribution in [2.24, 2.45) is 0 Å². The number of rotatable bonds is 1. The van der Waals surface area contributed by atoms with Crippen molar-refractivity contribution < 1.29 is 58.2 Å². The van der Waals surface area contributed by atoms with Gasteiger partial charge in [0.15, 0.2) is 0 Å². The molecule has 0 aliphatic heterocycles. The third kappa shape index (κ3) is 6970. The summed E-state index contributed by atoms with van der Waals surface area (Å²) in [6, 6.07) is 0. The minimum atomic E-state index is -1.75. The summed E-state index contributed by atoms with van der Waals surface area (Å²) in [5, 5.41) is 60.3. The Hall–Kier alpha value is -1.38. The first kappa shape index (κ1) is 30.0. The van der Waals surface area contributed by atoms with E-state index in [2.05, 4.69) is 0 Å². The molecule has 0 saturated heterocycles. The van der Waals surface area contributed by atoms with Gasteiger partial charge in [-0.1, -0.05) is 0 Å². The van der Waals surface area contributed by atoms with E-state index in [4.69, 9.17) is 56.2 Å². The molecular weight excluding hydrogens is 343 g/mol. The maximum Gasteiger partial charge on any atom is 3.00 e. The fourth-order valence-corrected chi connectivity index (χ4v) is 0. The fourth-order valence-electron chi connectivity index (χ4n) is 0. The first-order chi connectivity index (χ1) is 7.47. The van der Waals surface area contributed by atoms with Gasteiger partial charge in [0.2, 0.25) is 0 Å². The van der Waals surface area contributed by atoms with Crippen molar-refractivity contribution in [2.45, 2.75) is 13.0 Å². The smallest absolute Gasteiger partial charge is 0.394 e. The maximum atomic E-state index is 8.25. The zero-order chi connectivity index (χ0) is 15.0. The van der Waals surface area contributed by atoms with E-state index >= 15 is 0 Å². The Morgan fingerprint density at radius 3 is 0.944 bits per heavy atom. The molecule has 0 aromatic carbocycles. The SMILES string of the molecule is CC(O)CO.O=[N+]([O-])[O-].O=[N+]([O-])[O-].O=[N+]([O-])[O-].[Y+3]. The first-order valence-electron chi connectivity index (χ1n) is 3.20. The summed E-state index contributed by atoms with van der Waals surface area (Å²) in [5.74, 6) is 0. The molecule has 14 nitrogen and oxygen atoms in total. The number of hydrogen-bond donors (Lipinski definition) is 2. The predicted molar refractivity (Wildman–Crippen MR) is 49.9 cm³/mol. The molecular formula is C3H8N3O11Y. The standard InChI is InChI=1S/C3H8O2.3NO3.Y/c1-3(5)2-4;3*2-1(3)4;/h3-5H,2H2,1H3;;;;/q;3*-1;+3. The molecule has 0 fully saturated rings. The van der Waals surface area contributed by atoms with Crippen LogP contribution >= 0.6 is 0 Å². The van der Waals surface area contributed by atoms with Crippen molar-refractivity contribution in [3.63, 3.8) is 0 Å². The molecule has 0 spiro atoms. The monoisotopic (exact) mass is 351 g/mol. The fraction of sp³-hybridized carbons (Fsp3) is 1.00. The van der Waals surface area contributed by atoms with Crippen LogP contribution in [0.25, 0.3) is 0 Å². The van der Waals surface area contributed by atoms with Crippen LogP contribution in [0, 0.1) is 46.0 Å². The Kier molecular flexibility index (Phi) is 41.3. The van der Waals surface area contributed by atoms with Gasteiger partial charge < -0.3 is 56.2 Å². The largest absolute Gasteiger partial charge is 3.00 e. The van der Waals surface area contributed by atoms with E-state index in [0.29, 0.717) is 0 Å². The normalized spacial score (nSPS) is 8.17. The zero-order valence-corrected chi connectivity index (χ0v) is 11.6. The molecule has 0 saturated carbocycles. The van der Waals surface area contributed by atoms with Crippen molar-refractivity contribution >= 4 is 0 Å². The molecule has 0 radical (unpaired) electrons. The second-order valence-corrected chi connectivity index (χ2v) is 1.70. The number of aliphatic hydroxyl groups is 2. The van der Waals surface area contributed by atoms with Gasteiger partial charge in [-0.3, -0.25) is 0 Å². The Balaban J connectivity index is -0.0000000412. The summed E-state index contributed by atoms with van der Waals surface area (Å²) < 4.78 is 0. The Morgan fingerprint density at radius 2 is 0.944 bits per heavy atom. The second-order valence-electron chi connectivity index (χ2n) is 1.70. The summed E-state index contributed by atoms with van der Waals surface area (Å²) in [6.45, 7) is 1.39. The van der Waals surface area contributed by atoms with Gasteiger partial charge in [-0.05, 0) is 6.92 Å². The number of aliphatic hydroxyl groups excluding tert-OH is 2. The Labute approximate surface area is 124 Å². The molecule has 0 amide bonds. The summed E-state index contributed by atoms with van der Waals surface area (Å²) >= 11 is 0. The van der Waals surface area contributed by atoms with Gasteiger partial charge in [0, 0.05) is 0 Å². The van der Waals surface area contributed by atoms with Gasteiger partial charge in [-0.2, -0.15) is 0 Å². The van der Waals surface area contributed by atoms with Crippen LogP contribution < -0.4 is 0 Å². The maximum absolute atomic E-state index is 8.25. The van der Waals surface area contributed by atoms with Gasteiger partial charge >= 0.3 is 32.7 Å². The van der Waals surface area contributed by atoms with Crippen molar-refractivity contribution in [3.05, 3.63) is 46.0 Å². The van der Waals surface area contributed by atoms with Crippen LogP contribution in [0.3, 0.4) is 0 Å². The molecule has 1 atom stereocenters. The first-order valence-corrected chi connectivity index (χ1v) is 3.20. The third-order valence-electron chi connectivity index (χ3n) is 0.264. The van der Waals surface area contributed by atoms with Crippen LogP contribution in [0.4, 0.5) is 0 Å². The summed E-state index contributed by atoms with van der Waals surface area (Å²) in [5.41, 5.74) is 0. The van der Waals surface area contributed by atoms with E-state index in [9.17, 15) is 0 Å². The van der Waals surface area contributed by atoms with Crippen molar-refractivity contribution in [3.8, 4) is 0 Å². The van der Waals surface area contributed by atoms with Crippen LogP contribution in [-0.4, -0.2) is 38.2 Å². The molecule has 0 bridgehead atoms. The number of hydrogen-bond acceptors (Lipinski definition) is 11. The van der Waals surface area contributed by atoms with Crippen molar-refractivity contribution in [2.75, 3.05) is 6.61 Å². The van der Waals surface area contributed by atoms with Crippen LogP contribution in [0.5, 0.6) is 0 Å². The predicted octanol–water partition coefficient (Wildman–Crippen LogP) is -1.36. The van der Waals surface area contributed by atoms with Crippen LogP contribution in [0.1, 0.15) is 6.92 Å². The van der Waals surface area contributed by atoms with Crippen molar-refractivity contribution in [1.29, 1.82) is 0 Å². The van der Waals surface area contributed by atoms with E-state index in [0.717, 1.165) is 0 Å². The molecule has 0 rings (SSSR count). The van der Waals surface area contributed by atoms with Crippen LogP contribution in [0.15, 0.2) is 0 Å². The molecule has 1 unspecified atom stereocenters.